The first kappa shape index (κ1) is 10.0. The van der Waals surface area contributed by atoms with E-state index >= 15 is 0 Å². The van der Waals surface area contributed by atoms with E-state index < -0.39 is 5.69 Å². The second kappa shape index (κ2) is 3.94. The van der Waals surface area contributed by atoms with Crippen LogP contribution >= 0.6 is 15.9 Å². The summed E-state index contributed by atoms with van der Waals surface area (Å²) in [5, 5.41) is 9.36. The minimum Gasteiger partial charge on any atom is -0.493 e. The highest BCUT2D eigenvalue weighted by Gasteiger charge is 2.06. The first-order valence-electron chi connectivity index (χ1n) is 4.40. The molecule has 4 nitrogen and oxygen atoms in total. The molecule has 0 spiro atoms. The van der Waals surface area contributed by atoms with Crippen LogP contribution in [0.5, 0.6) is 5.88 Å². The van der Waals surface area contributed by atoms with Gasteiger partial charge in [-0.15, -0.1) is 0 Å². The van der Waals surface area contributed by atoms with Crippen molar-refractivity contribution in [1.29, 1.82) is 0 Å². The number of nitrogens with one attached hydrogen (secondary N) is 2. The van der Waals surface area contributed by atoms with E-state index in [-0.39, 0.29) is 5.88 Å². The summed E-state index contributed by atoms with van der Waals surface area (Å²) in [7, 11) is 0. The van der Waals surface area contributed by atoms with Gasteiger partial charge in [-0.1, -0.05) is 28.1 Å². The van der Waals surface area contributed by atoms with Gasteiger partial charge in [0.15, 0.2) is 0 Å². The van der Waals surface area contributed by atoms with Crippen LogP contribution < -0.4 is 5.69 Å². The predicted molar refractivity (Wildman–Crippen MR) is 60.0 cm³/mol. The Labute approximate surface area is 94.1 Å². The molecular weight excluding hydrogens is 260 g/mol. The smallest absolute Gasteiger partial charge is 0.325 e. The summed E-state index contributed by atoms with van der Waals surface area (Å²) in [5.74, 6) is -0.0972. The lowest BCUT2D eigenvalue weighted by Gasteiger charge is -1.99. The number of hydrogen-bond acceptors (Lipinski definition) is 2. The Kier molecular flexibility index (Phi) is 2.64. The number of aromatic nitrogens is 2. The quantitative estimate of drug-likeness (QED) is 0.777. The maximum Gasteiger partial charge on any atom is 0.325 e. The number of rotatable bonds is 2. The van der Waals surface area contributed by atoms with Gasteiger partial charge in [-0.05, 0) is 17.7 Å². The minimum absolute atomic E-state index is 0.0972. The van der Waals surface area contributed by atoms with Gasteiger partial charge in [-0.25, -0.2) is 4.79 Å². The van der Waals surface area contributed by atoms with Gasteiger partial charge in [0.25, 0.3) is 0 Å². The molecule has 0 aliphatic rings. The van der Waals surface area contributed by atoms with E-state index in [1.165, 1.54) is 0 Å². The lowest BCUT2D eigenvalue weighted by molar-refractivity contribution is 0.450. The van der Waals surface area contributed by atoms with Crippen molar-refractivity contribution in [1.82, 2.24) is 9.97 Å². The van der Waals surface area contributed by atoms with Crippen molar-refractivity contribution in [2.45, 2.75) is 6.42 Å². The Bertz CT molecular complexity index is 530. The molecule has 2 aromatic rings. The Hall–Kier alpha value is -1.49. The lowest BCUT2D eigenvalue weighted by Crippen LogP contribution is -2.01. The molecule has 0 saturated heterocycles. The van der Waals surface area contributed by atoms with Crippen LogP contribution in [0.1, 0.15) is 11.3 Å². The highest BCUT2D eigenvalue weighted by atomic mass is 79.9. The van der Waals surface area contributed by atoms with Crippen molar-refractivity contribution in [3.05, 3.63) is 50.5 Å². The monoisotopic (exact) mass is 268 g/mol. The highest BCUT2D eigenvalue weighted by molar-refractivity contribution is 9.10. The van der Waals surface area contributed by atoms with Gasteiger partial charge in [0.1, 0.15) is 0 Å². The molecule has 1 aromatic heterocycles. The zero-order valence-electron chi connectivity index (χ0n) is 7.75. The number of benzene rings is 1. The fraction of sp³-hybridized carbons (Fsp3) is 0.100. The van der Waals surface area contributed by atoms with Gasteiger partial charge in [0.05, 0.1) is 5.69 Å². The number of aromatic amines is 2. The van der Waals surface area contributed by atoms with Crippen LogP contribution in [-0.4, -0.2) is 15.1 Å². The number of halogens is 1. The second-order valence-corrected chi connectivity index (χ2v) is 4.13. The molecule has 78 valence electrons. The van der Waals surface area contributed by atoms with Crippen molar-refractivity contribution < 1.29 is 5.11 Å². The largest absolute Gasteiger partial charge is 0.493 e. The van der Waals surface area contributed by atoms with Gasteiger partial charge in [0.2, 0.25) is 5.88 Å². The van der Waals surface area contributed by atoms with Gasteiger partial charge in [-0.2, -0.15) is 0 Å². The summed E-state index contributed by atoms with van der Waals surface area (Å²) in [6.45, 7) is 0. The summed E-state index contributed by atoms with van der Waals surface area (Å²) in [4.78, 5) is 15.7. The van der Waals surface area contributed by atoms with Crippen LogP contribution in [0, 0.1) is 0 Å². The molecule has 1 heterocycles. The van der Waals surface area contributed by atoms with E-state index in [0.29, 0.717) is 12.1 Å². The molecule has 0 unspecified atom stereocenters. The van der Waals surface area contributed by atoms with Gasteiger partial charge >= 0.3 is 5.69 Å². The third-order valence-corrected chi connectivity index (χ3v) is 2.55. The zero-order chi connectivity index (χ0) is 10.8. The maximum atomic E-state index is 10.9. The van der Waals surface area contributed by atoms with E-state index in [1.807, 2.05) is 24.3 Å². The molecule has 0 aliphatic heterocycles. The number of imidazole rings is 1. The van der Waals surface area contributed by atoms with E-state index in [0.717, 1.165) is 10.0 Å². The Morgan fingerprint density at radius 1 is 1.33 bits per heavy atom. The van der Waals surface area contributed by atoms with E-state index in [1.54, 1.807) is 0 Å². The van der Waals surface area contributed by atoms with E-state index in [9.17, 15) is 9.90 Å². The molecule has 0 fully saturated rings. The average molecular weight is 269 g/mol. The molecule has 0 bridgehead atoms. The van der Waals surface area contributed by atoms with Crippen molar-refractivity contribution in [3.8, 4) is 5.88 Å². The van der Waals surface area contributed by atoms with Crippen LogP contribution in [0.3, 0.4) is 0 Å². The summed E-state index contributed by atoms with van der Waals surface area (Å²) in [6, 6.07) is 7.69. The Morgan fingerprint density at radius 2 is 2.13 bits per heavy atom. The highest BCUT2D eigenvalue weighted by Crippen LogP contribution is 2.17. The number of hydrogen-bond donors (Lipinski definition) is 3. The molecule has 0 aliphatic carbocycles. The SMILES string of the molecule is O=c1[nH]c(O)c(Cc2cccc(Br)c2)[nH]1. The molecule has 2 rings (SSSR count). The van der Waals surface area contributed by atoms with Crippen molar-refractivity contribution >= 4 is 15.9 Å². The van der Waals surface area contributed by atoms with Crippen molar-refractivity contribution in [2.75, 3.05) is 0 Å². The molecular formula is C10H9BrN2O2. The first-order chi connectivity index (χ1) is 7.15. The fourth-order valence-corrected chi connectivity index (χ4v) is 1.84. The second-order valence-electron chi connectivity index (χ2n) is 3.21. The molecule has 0 amide bonds. The normalized spacial score (nSPS) is 10.5. The molecule has 0 atom stereocenters. The minimum atomic E-state index is -0.391. The molecule has 0 saturated carbocycles. The topological polar surface area (TPSA) is 68.9 Å². The standard InChI is InChI=1S/C10H9BrN2O2/c11-7-3-1-2-6(4-7)5-8-9(14)13-10(15)12-8/h1-4,14H,5H2,(H2,12,13,15). The van der Waals surface area contributed by atoms with Gasteiger partial charge < -0.3 is 10.1 Å². The Balaban J connectivity index is 2.29. The summed E-state index contributed by atoms with van der Waals surface area (Å²) < 4.78 is 0.970. The number of H-pyrrole nitrogens is 2. The summed E-state index contributed by atoms with van der Waals surface area (Å²) in [5.41, 5.74) is 1.12. The summed E-state index contributed by atoms with van der Waals surface area (Å²) >= 11 is 3.36. The van der Waals surface area contributed by atoms with Crippen LogP contribution in [-0.2, 0) is 6.42 Å². The first-order valence-corrected chi connectivity index (χ1v) is 5.19. The molecule has 15 heavy (non-hydrogen) atoms. The van der Waals surface area contributed by atoms with Gasteiger partial charge in [-0.3, -0.25) is 4.98 Å². The van der Waals surface area contributed by atoms with E-state index in [4.69, 9.17) is 0 Å². The molecule has 3 N–H and O–H groups in total. The molecule has 0 radical (unpaired) electrons. The van der Waals surface area contributed by atoms with Crippen LogP contribution in [0.2, 0.25) is 0 Å². The lowest BCUT2D eigenvalue weighted by atomic mass is 10.1. The molecule has 1 aromatic carbocycles. The van der Waals surface area contributed by atoms with Crippen molar-refractivity contribution in [3.63, 3.8) is 0 Å². The summed E-state index contributed by atoms with van der Waals surface area (Å²) in [6.07, 6.45) is 0.490. The average Bonchev–Trinajstić information content (AvgIpc) is 2.45. The van der Waals surface area contributed by atoms with Gasteiger partial charge in [0, 0.05) is 10.9 Å². The number of aromatic hydroxyl groups is 1. The van der Waals surface area contributed by atoms with Crippen LogP contribution in [0.25, 0.3) is 0 Å². The van der Waals surface area contributed by atoms with Crippen molar-refractivity contribution in [2.24, 2.45) is 0 Å². The third kappa shape index (κ3) is 2.30. The predicted octanol–water partition coefficient (Wildman–Crippen LogP) is 1.76. The van der Waals surface area contributed by atoms with E-state index in [2.05, 4.69) is 25.9 Å². The van der Waals surface area contributed by atoms with Crippen LogP contribution in [0.15, 0.2) is 33.5 Å². The zero-order valence-corrected chi connectivity index (χ0v) is 9.34. The van der Waals surface area contributed by atoms with Crippen LogP contribution in [0.4, 0.5) is 0 Å². The Morgan fingerprint density at radius 3 is 2.73 bits per heavy atom. The fourth-order valence-electron chi connectivity index (χ4n) is 1.39. The third-order valence-electron chi connectivity index (χ3n) is 2.05. The maximum absolute atomic E-state index is 10.9. The molecule has 5 heteroatoms.